The second kappa shape index (κ2) is 8.50. The number of carbonyl (C=O) groups excluding carboxylic acids is 1. The third-order valence-electron chi connectivity index (χ3n) is 4.66. The van der Waals surface area contributed by atoms with Crippen molar-refractivity contribution in [2.45, 2.75) is 5.16 Å². The fourth-order valence-electron chi connectivity index (χ4n) is 3.24. The average molecular weight is 395 g/mol. The SMILES string of the molecule is CSc1ncc(C(=O)Nc2ccc(N3CCOCC3)cc2)n1-c1ccccc1. The molecule has 1 amide bonds. The molecule has 0 unspecified atom stereocenters. The fourth-order valence-corrected chi connectivity index (χ4v) is 3.78. The molecule has 144 valence electrons. The lowest BCUT2D eigenvalue weighted by Gasteiger charge is -2.28. The number of nitrogens with one attached hydrogen (secondary N) is 1. The lowest BCUT2D eigenvalue weighted by Crippen LogP contribution is -2.36. The first kappa shape index (κ1) is 18.6. The van der Waals surface area contributed by atoms with Crippen molar-refractivity contribution in [2.24, 2.45) is 0 Å². The number of carbonyl (C=O) groups is 1. The zero-order valence-electron chi connectivity index (χ0n) is 15.7. The summed E-state index contributed by atoms with van der Waals surface area (Å²) in [5.74, 6) is -0.184. The molecule has 0 radical (unpaired) electrons. The summed E-state index contributed by atoms with van der Waals surface area (Å²) in [6, 6.07) is 17.7. The molecule has 1 N–H and O–H groups in total. The van der Waals surface area contributed by atoms with E-state index >= 15 is 0 Å². The Morgan fingerprint density at radius 3 is 2.43 bits per heavy atom. The number of anilines is 2. The molecule has 1 saturated heterocycles. The van der Waals surface area contributed by atoms with Crippen molar-refractivity contribution >= 4 is 29.0 Å². The highest BCUT2D eigenvalue weighted by Crippen LogP contribution is 2.23. The summed E-state index contributed by atoms with van der Waals surface area (Å²) in [5, 5.41) is 3.76. The summed E-state index contributed by atoms with van der Waals surface area (Å²) in [7, 11) is 0. The lowest BCUT2D eigenvalue weighted by molar-refractivity contribution is 0.102. The van der Waals surface area contributed by atoms with E-state index < -0.39 is 0 Å². The van der Waals surface area contributed by atoms with Crippen LogP contribution in [-0.4, -0.2) is 48.0 Å². The molecule has 2 aromatic carbocycles. The van der Waals surface area contributed by atoms with E-state index in [1.807, 2.05) is 65.4 Å². The number of aromatic nitrogens is 2. The standard InChI is InChI=1S/C21H22N4O2S/c1-28-21-22-15-19(25(21)18-5-3-2-4-6-18)20(26)23-16-7-9-17(10-8-16)24-11-13-27-14-12-24/h2-10,15H,11-14H2,1H3,(H,23,26). The van der Waals surface area contributed by atoms with Crippen molar-refractivity contribution < 1.29 is 9.53 Å². The number of hydrogen-bond donors (Lipinski definition) is 1. The van der Waals surface area contributed by atoms with Crippen molar-refractivity contribution in [1.29, 1.82) is 0 Å². The number of morpholine rings is 1. The minimum atomic E-state index is -0.184. The number of rotatable bonds is 5. The molecule has 0 aliphatic carbocycles. The van der Waals surface area contributed by atoms with Crippen LogP contribution in [0.5, 0.6) is 0 Å². The highest BCUT2D eigenvalue weighted by Gasteiger charge is 2.18. The molecule has 3 aromatic rings. The van der Waals surface area contributed by atoms with E-state index in [4.69, 9.17) is 4.74 Å². The molecule has 1 aromatic heterocycles. The van der Waals surface area contributed by atoms with E-state index in [0.29, 0.717) is 5.69 Å². The number of nitrogens with zero attached hydrogens (tertiary/aromatic N) is 3. The van der Waals surface area contributed by atoms with E-state index in [1.54, 1.807) is 6.20 Å². The van der Waals surface area contributed by atoms with E-state index in [2.05, 4.69) is 15.2 Å². The monoisotopic (exact) mass is 394 g/mol. The molecular formula is C21H22N4O2S. The maximum absolute atomic E-state index is 12.9. The lowest BCUT2D eigenvalue weighted by atomic mass is 10.2. The molecule has 1 aliphatic heterocycles. The number of imidazole rings is 1. The van der Waals surface area contributed by atoms with Gasteiger partial charge in [0.15, 0.2) is 5.16 Å². The fraction of sp³-hybridized carbons (Fsp3) is 0.238. The average Bonchev–Trinajstić information content (AvgIpc) is 3.20. The first-order chi connectivity index (χ1) is 13.8. The Labute approximate surface area is 168 Å². The van der Waals surface area contributed by atoms with Crippen LogP contribution in [-0.2, 0) is 4.74 Å². The molecule has 6 nitrogen and oxygen atoms in total. The number of benzene rings is 2. The molecule has 0 spiro atoms. The summed E-state index contributed by atoms with van der Waals surface area (Å²) < 4.78 is 7.27. The van der Waals surface area contributed by atoms with Gasteiger partial charge in [0.25, 0.3) is 5.91 Å². The van der Waals surface area contributed by atoms with Gasteiger partial charge in [-0.25, -0.2) is 4.98 Å². The quantitative estimate of drug-likeness (QED) is 0.669. The van der Waals surface area contributed by atoms with Crippen LogP contribution < -0.4 is 10.2 Å². The summed E-state index contributed by atoms with van der Waals surface area (Å²) in [6.07, 6.45) is 3.57. The second-order valence-corrected chi connectivity index (χ2v) is 7.17. The number of para-hydroxylation sites is 1. The largest absolute Gasteiger partial charge is 0.378 e. The molecular weight excluding hydrogens is 372 g/mol. The summed E-state index contributed by atoms with van der Waals surface area (Å²) in [6.45, 7) is 3.28. The number of hydrogen-bond acceptors (Lipinski definition) is 5. The molecule has 1 aliphatic rings. The van der Waals surface area contributed by atoms with E-state index in [9.17, 15) is 4.79 Å². The summed E-state index contributed by atoms with van der Waals surface area (Å²) in [4.78, 5) is 19.6. The second-order valence-electron chi connectivity index (χ2n) is 6.40. The van der Waals surface area contributed by atoms with Gasteiger partial charge in [-0.3, -0.25) is 9.36 Å². The Balaban J connectivity index is 1.53. The molecule has 0 atom stereocenters. The van der Waals surface area contributed by atoms with Gasteiger partial charge in [0, 0.05) is 30.2 Å². The molecule has 7 heteroatoms. The Hall–Kier alpha value is -2.77. The van der Waals surface area contributed by atoms with Gasteiger partial charge in [-0.2, -0.15) is 0 Å². The molecule has 0 bridgehead atoms. The molecule has 28 heavy (non-hydrogen) atoms. The van der Waals surface area contributed by atoms with Crippen LogP contribution in [0.3, 0.4) is 0 Å². The zero-order chi connectivity index (χ0) is 19.3. The smallest absolute Gasteiger partial charge is 0.274 e. The highest BCUT2D eigenvalue weighted by atomic mass is 32.2. The third kappa shape index (κ3) is 3.90. The van der Waals surface area contributed by atoms with E-state index in [0.717, 1.165) is 48.5 Å². The van der Waals surface area contributed by atoms with Crippen LogP contribution in [0.4, 0.5) is 11.4 Å². The molecule has 2 heterocycles. The van der Waals surface area contributed by atoms with Gasteiger partial charge < -0.3 is 15.0 Å². The van der Waals surface area contributed by atoms with Crippen molar-refractivity contribution in [3.63, 3.8) is 0 Å². The Kier molecular flexibility index (Phi) is 5.64. The van der Waals surface area contributed by atoms with Gasteiger partial charge in [0.2, 0.25) is 0 Å². The third-order valence-corrected chi connectivity index (χ3v) is 5.31. The van der Waals surface area contributed by atoms with Crippen molar-refractivity contribution in [1.82, 2.24) is 9.55 Å². The van der Waals surface area contributed by atoms with Gasteiger partial charge in [0.1, 0.15) is 5.69 Å². The van der Waals surface area contributed by atoms with Crippen LogP contribution in [0.2, 0.25) is 0 Å². The normalized spacial score (nSPS) is 14.1. The number of ether oxygens (including phenoxy) is 1. The van der Waals surface area contributed by atoms with Crippen LogP contribution in [0, 0.1) is 0 Å². The van der Waals surface area contributed by atoms with Gasteiger partial charge in [-0.1, -0.05) is 30.0 Å². The summed E-state index contributed by atoms with van der Waals surface area (Å²) >= 11 is 1.51. The first-order valence-corrected chi connectivity index (χ1v) is 10.4. The predicted octanol–water partition coefficient (Wildman–Crippen LogP) is 3.68. The number of amides is 1. The minimum absolute atomic E-state index is 0.184. The Morgan fingerprint density at radius 1 is 1.04 bits per heavy atom. The van der Waals surface area contributed by atoms with Crippen LogP contribution in [0.15, 0.2) is 66.0 Å². The van der Waals surface area contributed by atoms with Gasteiger partial charge >= 0.3 is 0 Å². The van der Waals surface area contributed by atoms with E-state index in [-0.39, 0.29) is 5.91 Å². The van der Waals surface area contributed by atoms with Crippen LogP contribution >= 0.6 is 11.8 Å². The van der Waals surface area contributed by atoms with Crippen LogP contribution in [0.1, 0.15) is 10.5 Å². The van der Waals surface area contributed by atoms with Gasteiger partial charge in [-0.15, -0.1) is 0 Å². The highest BCUT2D eigenvalue weighted by molar-refractivity contribution is 7.98. The van der Waals surface area contributed by atoms with Gasteiger partial charge in [0.05, 0.1) is 19.4 Å². The topological polar surface area (TPSA) is 59.4 Å². The minimum Gasteiger partial charge on any atom is -0.378 e. The zero-order valence-corrected chi connectivity index (χ0v) is 16.5. The summed E-state index contributed by atoms with van der Waals surface area (Å²) in [5.41, 5.74) is 3.32. The number of thioether (sulfide) groups is 1. The van der Waals surface area contributed by atoms with Crippen molar-refractivity contribution in [2.75, 3.05) is 42.8 Å². The van der Waals surface area contributed by atoms with Crippen LogP contribution in [0.25, 0.3) is 5.69 Å². The Morgan fingerprint density at radius 2 is 1.75 bits per heavy atom. The van der Waals surface area contributed by atoms with E-state index in [1.165, 1.54) is 11.8 Å². The van der Waals surface area contributed by atoms with Crippen molar-refractivity contribution in [3.8, 4) is 5.69 Å². The molecule has 4 rings (SSSR count). The molecule has 0 saturated carbocycles. The maximum atomic E-state index is 12.9. The predicted molar refractivity (Wildman–Crippen MR) is 113 cm³/mol. The maximum Gasteiger partial charge on any atom is 0.274 e. The first-order valence-electron chi connectivity index (χ1n) is 9.17. The van der Waals surface area contributed by atoms with Crippen molar-refractivity contribution in [3.05, 3.63) is 66.5 Å². The van der Waals surface area contributed by atoms with Gasteiger partial charge in [-0.05, 0) is 42.7 Å². The Bertz CT molecular complexity index is 935. The molecule has 1 fully saturated rings.